The number of benzene rings is 1. The molecule has 1 saturated heterocycles. The third-order valence-corrected chi connectivity index (χ3v) is 4.59. The van der Waals surface area contributed by atoms with Gasteiger partial charge >= 0.3 is 0 Å². The minimum Gasteiger partial charge on any atom is -0.411 e. The zero-order valence-electron chi connectivity index (χ0n) is 10.4. The van der Waals surface area contributed by atoms with E-state index in [1.54, 1.807) is 23.1 Å². The fraction of sp³-hybridized carbons (Fsp3) is 0.385. The van der Waals surface area contributed by atoms with Gasteiger partial charge in [0.25, 0.3) is 5.91 Å². The van der Waals surface area contributed by atoms with E-state index in [1.165, 1.54) is 0 Å². The van der Waals surface area contributed by atoms with Crippen molar-refractivity contribution in [2.24, 2.45) is 11.1 Å². The first-order chi connectivity index (χ1) is 9.04. The highest BCUT2D eigenvalue weighted by atomic mass is 79.9. The number of carbonyl (C=O) groups is 1. The Morgan fingerprint density at radius 3 is 2.95 bits per heavy atom. The van der Waals surface area contributed by atoms with Crippen LogP contribution in [0.15, 0.2) is 27.8 Å². The molecule has 19 heavy (non-hydrogen) atoms. The number of nitrogens with zero attached hydrogens (tertiary/aromatic N) is 2. The third-order valence-electron chi connectivity index (χ3n) is 3.30. The second-order valence-electron chi connectivity index (χ2n) is 4.59. The maximum Gasteiger partial charge on any atom is 0.255 e. The third kappa shape index (κ3) is 2.92. The van der Waals surface area contributed by atoms with Crippen LogP contribution in [0, 0.1) is 5.92 Å². The second kappa shape index (κ2) is 5.92. The fourth-order valence-corrected chi connectivity index (χ4v) is 2.77. The number of carbonyl (C=O) groups excluding carboxylic acids is 1. The minimum absolute atomic E-state index is 0.0635. The van der Waals surface area contributed by atoms with E-state index in [2.05, 4.69) is 21.1 Å². The molecule has 102 valence electrons. The molecule has 6 heteroatoms. The van der Waals surface area contributed by atoms with Gasteiger partial charge in [-0.25, -0.2) is 0 Å². The van der Waals surface area contributed by atoms with Crippen molar-refractivity contribution in [2.75, 3.05) is 13.1 Å². The Labute approximate surface area is 125 Å². The molecule has 1 heterocycles. The number of amides is 1. The lowest BCUT2D eigenvalue weighted by atomic mass is 9.97. The van der Waals surface area contributed by atoms with E-state index >= 15 is 0 Å². The molecular weight excluding hydrogens is 332 g/mol. The zero-order chi connectivity index (χ0) is 14.0. The lowest BCUT2D eigenvalue weighted by molar-refractivity contribution is 0.0734. The van der Waals surface area contributed by atoms with Crippen LogP contribution in [0.2, 0.25) is 5.02 Å². The highest BCUT2D eigenvalue weighted by Gasteiger charge is 2.27. The van der Waals surface area contributed by atoms with Crippen molar-refractivity contribution in [3.05, 3.63) is 33.3 Å². The summed E-state index contributed by atoms with van der Waals surface area (Å²) >= 11 is 9.46. The van der Waals surface area contributed by atoms with Crippen LogP contribution in [0.4, 0.5) is 0 Å². The molecule has 1 aromatic carbocycles. The van der Waals surface area contributed by atoms with Crippen molar-refractivity contribution >= 4 is 39.1 Å². The molecule has 2 rings (SSSR count). The number of oxime groups is 1. The molecular formula is C13H14BrClN2O2. The molecule has 0 bridgehead atoms. The van der Waals surface area contributed by atoms with Gasteiger partial charge in [0.1, 0.15) is 0 Å². The van der Waals surface area contributed by atoms with Crippen molar-refractivity contribution in [3.8, 4) is 0 Å². The molecule has 1 unspecified atom stereocenters. The highest BCUT2D eigenvalue weighted by Crippen LogP contribution is 2.28. The number of rotatable bonds is 1. The Balaban J connectivity index is 2.19. The number of halogens is 2. The molecule has 1 atom stereocenters. The quantitative estimate of drug-likeness (QED) is 0.626. The summed E-state index contributed by atoms with van der Waals surface area (Å²) in [7, 11) is 0. The molecule has 0 spiro atoms. The first-order valence-corrected chi connectivity index (χ1v) is 7.15. The monoisotopic (exact) mass is 344 g/mol. The van der Waals surface area contributed by atoms with Crippen LogP contribution in [0.5, 0.6) is 0 Å². The standard InChI is InChI=1S/C13H14BrClN2O2/c1-8-7-17(6-5-11(8)16-19)13(18)9-3-2-4-10(14)12(9)15/h2-4,8,19H,5-7H2,1H3/b16-11+. The van der Waals surface area contributed by atoms with E-state index in [0.29, 0.717) is 34.6 Å². The lowest BCUT2D eigenvalue weighted by Gasteiger charge is -2.31. The number of piperidine rings is 1. The molecule has 0 aliphatic carbocycles. The summed E-state index contributed by atoms with van der Waals surface area (Å²) in [5.74, 6) is -0.0243. The molecule has 1 fully saturated rings. The normalized spacial score (nSPS) is 21.7. The summed E-state index contributed by atoms with van der Waals surface area (Å²) in [4.78, 5) is 14.2. The number of likely N-dealkylation sites (tertiary alicyclic amines) is 1. The molecule has 1 aromatic rings. The van der Waals surface area contributed by atoms with Gasteiger partial charge in [-0.05, 0) is 28.1 Å². The number of hydrogen-bond acceptors (Lipinski definition) is 3. The summed E-state index contributed by atoms with van der Waals surface area (Å²) < 4.78 is 0.711. The smallest absolute Gasteiger partial charge is 0.255 e. The molecule has 0 saturated carbocycles. The van der Waals surface area contributed by atoms with Crippen molar-refractivity contribution in [3.63, 3.8) is 0 Å². The first-order valence-electron chi connectivity index (χ1n) is 5.98. The van der Waals surface area contributed by atoms with E-state index < -0.39 is 0 Å². The van der Waals surface area contributed by atoms with Crippen LogP contribution in [0.1, 0.15) is 23.7 Å². The molecule has 0 radical (unpaired) electrons. The van der Waals surface area contributed by atoms with Gasteiger partial charge in [0.2, 0.25) is 0 Å². The SMILES string of the molecule is CC1CN(C(=O)c2cccc(Br)c2Cl)CC/C1=N\O. The Hall–Kier alpha value is -1.07. The molecule has 1 amide bonds. The Bertz CT molecular complexity index is 533. The Kier molecular flexibility index (Phi) is 4.47. The van der Waals surface area contributed by atoms with Crippen LogP contribution < -0.4 is 0 Å². The van der Waals surface area contributed by atoms with Crippen LogP contribution in [0.25, 0.3) is 0 Å². The molecule has 1 N–H and O–H groups in total. The van der Waals surface area contributed by atoms with E-state index in [-0.39, 0.29) is 11.8 Å². The fourth-order valence-electron chi connectivity index (χ4n) is 2.20. The first kappa shape index (κ1) is 14.3. The maximum atomic E-state index is 12.4. The summed E-state index contributed by atoms with van der Waals surface area (Å²) in [6.45, 7) is 3.03. The minimum atomic E-state index is -0.0878. The summed E-state index contributed by atoms with van der Waals surface area (Å²) in [5, 5.41) is 12.5. The van der Waals surface area contributed by atoms with Gasteiger partial charge in [0.05, 0.1) is 16.3 Å². The van der Waals surface area contributed by atoms with Crippen LogP contribution >= 0.6 is 27.5 Å². The Morgan fingerprint density at radius 1 is 1.58 bits per heavy atom. The van der Waals surface area contributed by atoms with Gasteiger partial charge in [0.15, 0.2) is 0 Å². The summed E-state index contributed by atoms with van der Waals surface area (Å²) in [5.41, 5.74) is 1.23. The summed E-state index contributed by atoms with van der Waals surface area (Å²) in [6, 6.07) is 5.31. The Morgan fingerprint density at radius 2 is 2.32 bits per heavy atom. The van der Waals surface area contributed by atoms with Crippen molar-refractivity contribution < 1.29 is 10.0 Å². The van der Waals surface area contributed by atoms with Gasteiger partial charge < -0.3 is 10.1 Å². The second-order valence-corrected chi connectivity index (χ2v) is 5.83. The van der Waals surface area contributed by atoms with Crippen LogP contribution in [0.3, 0.4) is 0 Å². The zero-order valence-corrected chi connectivity index (χ0v) is 12.8. The van der Waals surface area contributed by atoms with Gasteiger partial charge in [0, 0.05) is 29.9 Å². The van der Waals surface area contributed by atoms with Gasteiger partial charge in [-0.1, -0.05) is 29.7 Å². The van der Waals surface area contributed by atoms with Gasteiger partial charge in [-0.3, -0.25) is 4.79 Å². The molecule has 1 aliphatic heterocycles. The van der Waals surface area contributed by atoms with Gasteiger partial charge in [-0.15, -0.1) is 0 Å². The molecule has 4 nitrogen and oxygen atoms in total. The maximum absolute atomic E-state index is 12.4. The van der Waals surface area contributed by atoms with E-state index in [1.807, 2.05) is 6.92 Å². The van der Waals surface area contributed by atoms with Gasteiger partial charge in [-0.2, -0.15) is 0 Å². The average Bonchev–Trinajstić information content (AvgIpc) is 2.41. The van der Waals surface area contributed by atoms with E-state index in [9.17, 15) is 4.79 Å². The van der Waals surface area contributed by atoms with Crippen LogP contribution in [-0.2, 0) is 0 Å². The van der Waals surface area contributed by atoms with Crippen molar-refractivity contribution in [2.45, 2.75) is 13.3 Å². The van der Waals surface area contributed by atoms with Crippen molar-refractivity contribution in [1.82, 2.24) is 4.90 Å². The predicted molar refractivity (Wildman–Crippen MR) is 78.1 cm³/mol. The summed E-state index contributed by atoms with van der Waals surface area (Å²) in [6.07, 6.45) is 0.592. The largest absolute Gasteiger partial charge is 0.411 e. The predicted octanol–water partition coefficient (Wildman–Crippen LogP) is 3.41. The highest BCUT2D eigenvalue weighted by molar-refractivity contribution is 9.10. The van der Waals surface area contributed by atoms with Crippen LogP contribution in [-0.4, -0.2) is 34.8 Å². The number of hydrogen-bond donors (Lipinski definition) is 1. The topological polar surface area (TPSA) is 52.9 Å². The average molecular weight is 346 g/mol. The lowest BCUT2D eigenvalue weighted by Crippen LogP contribution is -2.43. The van der Waals surface area contributed by atoms with E-state index in [0.717, 1.165) is 5.71 Å². The van der Waals surface area contributed by atoms with E-state index in [4.69, 9.17) is 16.8 Å². The molecule has 1 aliphatic rings. The van der Waals surface area contributed by atoms with Crippen molar-refractivity contribution in [1.29, 1.82) is 0 Å². The molecule has 0 aromatic heterocycles.